The average Bonchev–Trinajstić information content (AvgIpc) is 2.72. The molecule has 4 N–H and O–H groups in total. The second-order valence-electron chi connectivity index (χ2n) is 3.56. The molecular formula is C10H10N4O3S. The van der Waals surface area contributed by atoms with Crippen LogP contribution in [0.1, 0.15) is 5.69 Å². The summed E-state index contributed by atoms with van der Waals surface area (Å²) in [5.41, 5.74) is 6.95. The number of benzene rings is 1. The van der Waals surface area contributed by atoms with E-state index < -0.39 is 4.92 Å². The van der Waals surface area contributed by atoms with Crippen LogP contribution in [0.2, 0.25) is 0 Å². The van der Waals surface area contributed by atoms with Crippen molar-refractivity contribution < 1.29 is 4.92 Å². The maximum atomic E-state index is 10.9. The van der Waals surface area contributed by atoms with Crippen LogP contribution >= 0.6 is 11.3 Å². The summed E-state index contributed by atoms with van der Waals surface area (Å²) in [6, 6.07) is 4.40. The van der Waals surface area contributed by atoms with Gasteiger partial charge in [0.15, 0.2) is 0 Å². The van der Waals surface area contributed by atoms with E-state index in [9.17, 15) is 14.9 Å². The maximum Gasteiger partial charge on any atom is 0.304 e. The molecule has 0 saturated heterocycles. The Bertz CT molecular complexity index is 634. The molecule has 1 aromatic heterocycles. The van der Waals surface area contributed by atoms with Crippen LogP contribution in [0.25, 0.3) is 0 Å². The van der Waals surface area contributed by atoms with Crippen LogP contribution in [0, 0.1) is 10.1 Å². The van der Waals surface area contributed by atoms with E-state index in [2.05, 4.69) is 10.3 Å². The third kappa shape index (κ3) is 2.66. The maximum absolute atomic E-state index is 10.9. The summed E-state index contributed by atoms with van der Waals surface area (Å²) < 4.78 is 0. The van der Waals surface area contributed by atoms with Crippen molar-refractivity contribution in [3.05, 3.63) is 49.1 Å². The van der Waals surface area contributed by atoms with E-state index in [4.69, 9.17) is 5.73 Å². The SMILES string of the molecule is Nc1cc(NCc2csc(=O)[nH]2)ccc1[N+](=O)[O-]. The molecule has 0 aliphatic rings. The molecule has 0 aliphatic heterocycles. The Morgan fingerprint density at radius 1 is 1.50 bits per heavy atom. The molecule has 0 aliphatic carbocycles. The van der Waals surface area contributed by atoms with Crippen molar-refractivity contribution in [3.63, 3.8) is 0 Å². The van der Waals surface area contributed by atoms with Crippen LogP contribution in [0.15, 0.2) is 28.4 Å². The average molecular weight is 266 g/mol. The zero-order valence-corrected chi connectivity index (χ0v) is 9.99. The molecule has 94 valence electrons. The van der Waals surface area contributed by atoms with Crippen LogP contribution in [-0.4, -0.2) is 9.91 Å². The molecule has 0 spiro atoms. The van der Waals surface area contributed by atoms with Gasteiger partial charge in [-0.2, -0.15) is 0 Å². The van der Waals surface area contributed by atoms with Crippen LogP contribution in [0.4, 0.5) is 17.1 Å². The minimum Gasteiger partial charge on any atom is -0.393 e. The zero-order chi connectivity index (χ0) is 13.1. The molecule has 1 heterocycles. The monoisotopic (exact) mass is 266 g/mol. The van der Waals surface area contributed by atoms with E-state index in [-0.39, 0.29) is 16.2 Å². The summed E-state index contributed by atoms with van der Waals surface area (Å²) in [7, 11) is 0. The number of H-pyrrole nitrogens is 1. The van der Waals surface area contributed by atoms with Gasteiger partial charge in [0, 0.05) is 22.8 Å². The van der Waals surface area contributed by atoms with Gasteiger partial charge >= 0.3 is 4.87 Å². The number of hydrogen-bond donors (Lipinski definition) is 3. The number of aromatic nitrogens is 1. The Balaban J connectivity index is 2.08. The zero-order valence-electron chi connectivity index (χ0n) is 9.17. The van der Waals surface area contributed by atoms with E-state index in [0.29, 0.717) is 12.2 Å². The Morgan fingerprint density at radius 2 is 2.28 bits per heavy atom. The lowest BCUT2D eigenvalue weighted by Gasteiger charge is -2.05. The first-order chi connectivity index (χ1) is 8.56. The number of nitrogens with one attached hydrogen (secondary N) is 2. The van der Waals surface area contributed by atoms with Crippen molar-refractivity contribution in [1.29, 1.82) is 0 Å². The summed E-state index contributed by atoms with van der Waals surface area (Å²) in [4.78, 5) is 23.5. The van der Waals surface area contributed by atoms with Crippen molar-refractivity contribution in [2.75, 3.05) is 11.1 Å². The lowest BCUT2D eigenvalue weighted by atomic mass is 10.2. The number of nitro benzene ring substituents is 1. The van der Waals surface area contributed by atoms with Gasteiger partial charge in [-0.05, 0) is 12.1 Å². The summed E-state index contributed by atoms with van der Waals surface area (Å²) >= 11 is 1.08. The van der Waals surface area contributed by atoms with Gasteiger partial charge in [-0.1, -0.05) is 11.3 Å². The number of thiazole rings is 1. The van der Waals surface area contributed by atoms with Crippen LogP contribution < -0.4 is 15.9 Å². The summed E-state index contributed by atoms with van der Waals surface area (Å²) in [6.45, 7) is 0.427. The van der Waals surface area contributed by atoms with Crippen LogP contribution in [-0.2, 0) is 6.54 Å². The molecule has 0 amide bonds. The number of nitrogens with two attached hydrogens (primary N) is 1. The summed E-state index contributed by atoms with van der Waals surface area (Å²) in [5, 5.41) is 15.3. The predicted molar refractivity (Wildman–Crippen MR) is 69.8 cm³/mol. The fourth-order valence-electron chi connectivity index (χ4n) is 1.43. The van der Waals surface area contributed by atoms with E-state index >= 15 is 0 Å². The highest BCUT2D eigenvalue weighted by atomic mass is 32.1. The van der Waals surface area contributed by atoms with Crippen molar-refractivity contribution >= 4 is 28.4 Å². The molecule has 7 nitrogen and oxygen atoms in total. The first kappa shape index (κ1) is 12.1. The van der Waals surface area contributed by atoms with Crippen molar-refractivity contribution in [2.45, 2.75) is 6.54 Å². The van der Waals surface area contributed by atoms with Crippen molar-refractivity contribution in [1.82, 2.24) is 4.98 Å². The van der Waals surface area contributed by atoms with Gasteiger partial charge in [-0.25, -0.2) is 0 Å². The number of aromatic amines is 1. The number of nitrogens with zero attached hydrogens (tertiary/aromatic N) is 1. The lowest BCUT2D eigenvalue weighted by molar-refractivity contribution is -0.383. The molecule has 0 saturated carbocycles. The number of hydrogen-bond acceptors (Lipinski definition) is 6. The molecule has 0 radical (unpaired) electrons. The third-order valence-corrected chi connectivity index (χ3v) is 3.00. The Labute approximate surface area is 105 Å². The fourth-order valence-corrected chi connectivity index (χ4v) is 2.01. The summed E-state index contributed by atoms with van der Waals surface area (Å²) in [6.07, 6.45) is 0. The highest BCUT2D eigenvalue weighted by Crippen LogP contribution is 2.24. The number of anilines is 2. The number of rotatable bonds is 4. The second-order valence-corrected chi connectivity index (χ2v) is 4.40. The molecule has 1 aromatic carbocycles. The van der Waals surface area contributed by atoms with E-state index in [0.717, 1.165) is 17.0 Å². The minimum absolute atomic E-state index is 0.101. The first-order valence-corrected chi connectivity index (χ1v) is 5.88. The Morgan fingerprint density at radius 3 is 2.83 bits per heavy atom. The molecule has 0 fully saturated rings. The first-order valence-electron chi connectivity index (χ1n) is 5.01. The fraction of sp³-hybridized carbons (Fsp3) is 0.100. The molecule has 2 rings (SSSR count). The second kappa shape index (κ2) is 4.88. The molecule has 0 unspecified atom stereocenters. The molecule has 0 atom stereocenters. The van der Waals surface area contributed by atoms with Crippen LogP contribution in [0.5, 0.6) is 0 Å². The smallest absolute Gasteiger partial charge is 0.304 e. The quantitative estimate of drug-likeness (QED) is 0.441. The van der Waals surface area contributed by atoms with E-state index in [1.807, 2.05) is 0 Å². The van der Waals surface area contributed by atoms with Crippen molar-refractivity contribution in [2.24, 2.45) is 0 Å². The van der Waals surface area contributed by atoms with Gasteiger partial charge in [0.05, 0.1) is 11.5 Å². The standard InChI is InChI=1S/C10H10N4O3S/c11-8-3-6(1-2-9(8)14(16)17)12-4-7-5-18-10(15)13-7/h1-3,5,12H,4,11H2,(H,13,15). The summed E-state index contributed by atoms with van der Waals surface area (Å²) in [5.74, 6) is 0. The lowest BCUT2D eigenvalue weighted by Crippen LogP contribution is -2.03. The predicted octanol–water partition coefficient (Wildman–Crippen LogP) is 1.54. The third-order valence-electron chi connectivity index (χ3n) is 2.28. The van der Waals surface area contributed by atoms with Gasteiger partial charge in [-0.15, -0.1) is 0 Å². The van der Waals surface area contributed by atoms with Gasteiger partial charge in [0.1, 0.15) is 5.69 Å². The molecule has 18 heavy (non-hydrogen) atoms. The van der Waals surface area contributed by atoms with E-state index in [1.165, 1.54) is 12.1 Å². The van der Waals surface area contributed by atoms with Gasteiger partial charge in [0.2, 0.25) is 0 Å². The molecule has 2 aromatic rings. The Hall–Kier alpha value is -2.35. The van der Waals surface area contributed by atoms with Crippen LogP contribution in [0.3, 0.4) is 0 Å². The van der Waals surface area contributed by atoms with E-state index in [1.54, 1.807) is 11.4 Å². The van der Waals surface area contributed by atoms with Gasteiger partial charge in [0.25, 0.3) is 5.69 Å². The largest absolute Gasteiger partial charge is 0.393 e. The highest BCUT2D eigenvalue weighted by Gasteiger charge is 2.10. The Kier molecular flexibility index (Phi) is 3.28. The van der Waals surface area contributed by atoms with Gasteiger partial charge < -0.3 is 16.0 Å². The molecule has 0 bridgehead atoms. The topological polar surface area (TPSA) is 114 Å². The highest BCUT2D eigenvalue weighted by molar-refractivity contribution is 7.07. The number of nitrogen functional groups attached to an aromatic ring is 1. The molecule has 8 heteroatoms. The molecular weight excluding hydrogens is 256 g/mol. The minimum atomic E-state index is -0.532. The number of nitro groups is 1. The normalized spacial score (nSPS) is 10.2. The van der Waals surface area contributed by atoms with Gasteiger partial charge in [-0.3, -0.25) is 14.9 Å². The van der Waals surface area contributed by atoms with Crippen molar-refractivity contribution in [3.8, 4) is 0 Å².